The van der Waals surface area contributed by atoms with E-state index in [1.54, 1.807) is 7.05 Å². The number of nitrogens with zero attached hydrogens (tertiary/aromatic N) is 3. The Morgan fingerprint density at radius 1 is 1.42 bits per heavy atom. The van der Waals surface area contributed by atoms with Crippen molar-refractivity contribution < 1.29 is 4.79 Å². The van der Waals surface area contributed by atoms with Crippen LogP contribution in [-0.2, 0) is 13.1 Å². The number of aromatic amines is 1. The quantitative estimate of drug-likeness (QED) is 0.761. The lowest BCUT2D eigenvalue weighted by Crippen LogP contribution is -2.31. The molecule has 1 aromatic carbocycles. The lowest BCUT2D eigenvalue weighted by atomic mass is 10.2. The molecule has 2 rings (SSSR count). The SMILES string of the molecule is CN(Cc1ncn[nH]1)C(=O)Nc1ccc(CN)cc1. The van der Waals surface area contributed by atoms with Gasteiger partial charge in [0, 0.05) is 19.3 Å². The van der Waals surface area contributed by atoms with Crippen LogP contribution in [0.5, 0.6) is 0 Å². The summed E-state index contributed by atoms with van der Waals surface area (Å²) in [7, 11) is 1.69. The first kappa shape index (κ1) is 13.0. The van der Waals surface area contributed by atoms with E-state index in [1.807, 2.05) is 24.3 Å². The zero-order valence-corrected chi connectivity index (χ0v) is 10.6. The van der Waals surface area contributed by atoms with Crippen LogP contribution in [-0.4, -0.2) is 33.2 Å². The van der Waals surface area contributed by atoms with E-state index in [-0.39, 0.29) is 6.03 Å². The summed E-state index contributed by atoms with van der Waals surface area (Å²) in [6.07, 6.45) is 1.41. The predicted octanol–water partition coefficient (Wildman–Crippen LogP) is 0.927. The molecule has 19 heavy (non-hydrogen) atoms. The van der Waals surface area contributed by atoms with Crippen molar-refractivity contribution in [2.24, 2.45) is 5.73 Å². The van der Waals surface area contributed by atoms with Crippen molar-refractivity contribution in [2.45, 2.75) is 13.1 Å². The van der Waals surface area contributed by atoms with Crippen molar-refractivity contribution >= 4 is 11.7 Å². The van der Waals surface area contributed by atoms with Gasteiger partial charge in [-0.05, 0) is 17.7 Å². The minimum absolute atomic E-state index is 0.211. The molecule has 7 nitrogen and oxygen atoms in total. The molecule has 2 aromatic rings. The van der Waals surface area contributed by atoms with Gasteiger partial charge in [-0.1, -0.05) is 12.1 Å². The highest BCUT2D eigenvalue weighted by Gasteiger charge is 2.10. The Kier molecular flexibility index (Phi) is 4.09. The van der Waals surface area contributed by atoms with E-state index >= 15 is 0 Å². The third kappa shape index (κ3) is 3.52. The zero-order chi connectivity index (χ0) is 13.7. The molecule has 0 spiro atoms. The fraction of sp³-hybridized carbons (Fsp3) is 0.250. The fourth-order valence-corrected chi connectivity index (χ4v) is 1.55. The van der Waals surface area contributed by atoms with Gasteiger partial charge in [-0.15, -0.1) is 0 Å². The minimum atomic E-state index is -0.211. The monoisotopic (exact) mass is 260 g/mol. The van der Waals surface area contributed by atoms with E-state index < -0.39 is 0 Å². The molecule has 100 valence electrons. The molecule has 0 saturated carbocycles. The molecule has 2 amide bonds. The van der Waals surface area contributed by atoms with Gasteiger partial charge in [0.05, 0.1) is 6.54 Å². The largest absolute Gasteiger partial charge is 0.326 e. The van der Waals surface area contributed by atoms with Crippen LogP contribution in [0.15, 0.2) is 30.6 Å². The molecule has 0 saturated heterocycles. The Balaban J connectivity index is 1.92. The molecule has 0 bridgehead atoms. The van der Waals surface area contributed by atoms with Crippen molar-refractivity contribution in [3.05, 3.63) is 42.0 Å². The molecule has 7 heteroatoms. The van der Waals surface area contributed by atoms with Crippen molar-refractivity contribution in [1.82, 2.24) is 20.1 Å². The van der Waals surface area contributed by atoms with Gasteiger partial charge in [0.25, 0.3) is 0 Å². The average molecular weight is 260 g/mol. The minimum Gasteiger partial charge on any atom is -0.326 e. The Bertz CT molecular complexity index is 522. The summed E-state index contributed by atoms with van der Waals surface area (Å²) in [6, 6.07) is 7.19. The third-order valence-corrected chi connectivity index (χ3v) is 2.64. The van der Waals surface area contributed by atoms with Gasteiger partial charge < -0.3 is 16.0 Å². The number of nitrogens with one attached hydrogen (secondary N) is 2. The Morgan fingerprint density at radius 3 is 2.74 bits per heavy atom. The maximum atomic E-state index is 11.9. The third-order valence-electron chi connectivity index (χ3n) is 2.64. The summed E-state index contributed by atoms with van der Waals surface area (Å²) in [6.45, 7) is 0.854. The highest BCUT2D eigenvalue weighted by atomic mass is 16.2. The van der Waals surface area contributed by atoms with Gasteiger partial charge in [-0.3, -0.25) is 5.10 Å². The second kappa shape index (κ2) is 5.96. The van der Waals surface area contributed by atoms with Crippen molar-refractivity contribution in [3.63, 3.8) is 0 Å². The predicted molar refractivity (Wildman–Crippen MR) is 71.2 cm³/mol. The second-order valence-electron chi connectivity index (χ2n) is 4.12. The first-order valence-electron chi connectivity index (χ1n) is 5.84. The smallest absolute Gasteiger partial charge is 0.321 e. The van der Waals surface area contributed by atoms with Crippen LogP contribution in [0.1, 0.15) is 11.4 Å². The number of hydrogen-bond donors (Lipinski definition) is 3. The highest BCUT2D eigenvalue weighted by molar-refractivity contribution is 5.89. The van der Waals surface area contributed by atoms with Gasteiger partial charge in [0.2, 0.25) is 0 Å². The second-order valence-corrected chi connectivity index (χ2v) is 4.12. The van der Waals surface area contributed by atoms with Gasteiger partial charge in [-0.2, -0.15) is 5.10 Å². The molecule has 0 aliphatic heterocycles. The summed E-state index contributed by atoms with van der Waals surface area (Å²) in [5.74, 6) is 0.635. The number of amides is 2. The van der Waals surface area contributed by atoms with Gasteiger partial charge in [0.1, 0.15) is 12.2 Å². The summed E-state index contributed by atoms with van der Waals surface area (Å²) >= 11 is 0. The summed E-state index contributed by atoms with van der Waals surface area (Å²) in [5, 5.41) is 9.23. The normalized spacial score (nSPS) is 10.2. The molecule has 0 unspecified atom stereocenters. The fourth-order valence-electron chi connectivity index (χ4n) is 1.55. The van der Waals surface area contributed by atoms with Crippen LogP contribution >= 0.6 is 0 Å². The number of urea groups is 1. The number of aromatic nitrogens is 3. The Hall–Kier alpha value is -2.41. The lowest BCUT2D eigenvalue weighted by Gasteiger charge is -2.16. The van der Waals surface area contributed by atoms with Crippen LogP contribution in [0.4, 0.5) is 10.5 Å². The number of H-pyrrole nitrogens is 1. The maximum absolute atomic E-state index is 11.9. The van der Waals surface area contributed by atoms with Crippen LogP contribution in [0.3, 0.4) is 0 Å². The van der Waals surface area contributed by atoms with Crippen LogP contribution in [0.25, 0.3) is 0 Å². The number of hydrogen-bond acceptors (Lipinski definition) is 4. The van der Waals surface area contributed by atoms with Gasteiger partial charge >= 0.3 is 6.03 Å². The van der Waals surface area contributed by atoms with Crippen molar-refractivity contribution in [2.75, 3.05) is 12.4 Å². The molecule has 0 fully saturated rings. The van der Waals surface area contributed by atoms with E-state index in [4.69, 9.17) is 5.73 Å². The van der Waals surface area contributed by atoms with Crippen molar-refractivity contribution in [1.29, 1.82) is 0 Å². The van der Waals surface area contributed by atoms with Gasteiger partial charge in [0.15, 0.2) is 0 Å². The topological polar surface area (TPSA) is 99.9 Å². The molecule has 1 heterocycles. The average Bonchev–Trinajstić information content (AvgIpc) is 2.92. The van der Waals surface area contributed by atoms with E-state index in [1.165, 1.54) is 11.2 Å². The van der Waals surface area contributed by atoms with E-state index in [0.717, 1.165) is 11.3 Å². The summed E-state index contributed by atoms with van der Waals surface area (Å²) in [4.78, 5) is 17.4. The van der Waals surface area contributed by atoms with Gasteiger partial charge in [-0.25, -0.2) is 9.78 Å². The van der Waals surface area contributed by atoms with E-state index in [0.29, 0.717) is 18.9 Å². The van der Waals surface area contributed by atoms with E-state index in [9.17, 15) is 4.79 Å². The number of carbonyl (C=O) groups is 1. The summed E-state index contributed by atoms with van der Waals surface area (Å²) in [5.41, 5.74) is 7.26. The van der Waals surface area contributed by atoms with Crippen LogP contribution < -0.4 is 11.1 Å². The molecular formula is C12H16N6O. The molecular weight excluding hydrogens is 244 g/mol. The Labute approximate surface area is 110 Å². The number of benzene rings is 1. The Morgan fingerprint density at radius 2 is 2.16 bits per heavy atom. The molecule has 0 radical (unpaired) electrons. The molecule has 0 aliphatic rings. The summed E-state index contributed by atoms with van der Waals surface area (Å²) < 4.78 is 0. The first-order chi connectivity index (χ1) is 9.19. The maximum Gasteiger partial charge on any atom is 0.321 e. The molecule has 4 N–H and O–H groups in total. The van der Waals surface area contributed by atoms with Crippen molar-refractivity contribution in [3.8, 4) is 0 Å². The number of nitrogens with two attached hydrogens (primary N) is 1. The number of anilines is 1. The van der Waals surface area contributed by atoms with Crippen LogP contribution in [0.2, 0.25) is 0 Å². The number of rotatable bonds is 4. The standard InChI is InChI=1S/C12H16N6O/c1-18(7-11-14-8-15-17-11)12(19)16-10-4-2-9(6-13)3-5-10/h2-5,8H,6-7,13H2,1H3,(H,16,19)(H,14,15,17). The lowest BCUT2D eigenvalue weighted by molar-refractivity contribution is 0.219. The zero-order valence-electron chi connectivity index (χ0n) is 10.6. The first-order valence-corrected chi connectivity index (χ1v) is 5.84. The number of carbonyl (C=O) groups excluding carboxylic acids is 1. The molecule has 1 aromatic heterocycles. The highest BCUT2D eigenvalue weighted by Crippen LogP contribution is 2.10. The van der Waals surface area contributed by atoms with E-state index in [2.05, 4.69) is 20.5 Å². The molecule has 0 atom stereocenters. The van der Waals surface area contributed by atoms with Crippen LogP contribution in [0, 0.1) is 0 Å². The molecule has 0 aliphatic carbocycles.